The summed E-state index contributed by atoms with van der Waals surface area (Å²) in [5.41, 5.74) is 1.57. The third-order valence-corrected chi connectivity index (χ3v) is 6.86. The summed E-state index contributed by atoms with van der Waals surface area (Å²) in [7, 11) is 1.58. The molecule has 1 aliphatic carbocycles. The largest absolute Gasteiger partial charge is 0.355 e. The first-order valence-electron chi connectivity index (χ1n) is 8.34. The molecular weight excluding hydrogens is 386 g/mol. The second-order valence-electron chi connectivity index (χ2n) is 6.18. The molecule has 3 aromatic rings. The van der Waals surface area contributed by atoms with Crippen molar-refractivity contribution in [2.75, 3.05) is 12.4 Å². The van der Waals surface area contributed by atoms with E-state index in [1.54, 1.807) is 19.2 Å². The number of carbonyl (C=O) groups is 2. The van der Waals surface area contributed by atoms with E-state index in [0.717, 1.165) is 34.4 Å². The van der Waals surface area contributed by atoms with Gasteiger partial charge in [-0.3, -0.25) is 19.7 Å². The second kappa shape index (κ2) is 6.75. The zero-order chi connectivity index (χ0) is 19.1. The molecule has 2 heterocycles. The number of amides is 2. The second-order valence-corrected chi connectivity index (χ2v) is 8.37. The Balaban J connectivity index is 1.66. The molecule has 2 N–H and O–H groups in total. The van der Waals surface area contributed by atoms with E-state index in [1.165, 1.54) is 34.8 Å². The number of aryl methyl sites for hydroxylation is 1. The minimum Gasteiger partial charge on any atom is -0.355 e. The zero-order valence-corrected chi connectivity index (χ0v) is 16.0. The monoisotopic (exact) mass is 401 g/mol. The number of nitrogens with one attached hydrogen (secondary N) is 2. The number of fused-ring (bicyclic) bond motifs is 2. The first-order chi connectivity index (χ1) is 13.0. The number of anilines is 1. The Morgan fingerprint density at radius 2 is 1.96 bits per heavy atom. The SMILES string of the molecule is CNC(=O)c1c(NC(=O)c2cc3cc([N+](=O)[O-])ccc3s2)sc2c1CCC2. The third-order valence-electron chi connectivity index (χ3n) is 4.54. The summed E-state index contributed by atoms with van der Waals surface area (Å²) in [5, 5.41) is 17.6. The summed E-state index contributed by atoms with van der Waals surface area (Å²) in [6.45, 7) is 0. The molecule has 0 saturated heterocycles. The van der Waals surface area contributed by atoms with E-state index < -0.39 is 4.92 Å². The number of nitro groups is 1. The van der Waals surface area contributed by atoms with Gasteiger partial charge in [0.25, 0.3) is 17.5 Å². The minimum absolute atomic E-state index is 0.0103. The molecule has 0 radical (unpaired) electrons. The van der Waals surface area contributed by atoms with Crippen molar-refractivity contribution in [1.29, 1.82) is 0 Å². The standard InChI is InChI=1S/C18H15N3O4S2/c1-19-17(23)15-11-3-2-4-13(11)27-18(15)20-16(22)14-8-9-7-10(21(24)25)5-6-12(9)26-14/h5-8H,2-4H2,1H3,(H,19,23)(H,20,22). The summed E-state index contributed by atoms with van der Waals surface area (Å²) < 4.78 is 0.797. The van der Waals surface area contributed by atoms with E-state index in [-0.39, 0.29) is 17.5 Å². The molecule has 27 heavy (non-hydrogen) atoms. The van der Waals surface area contributed by atoms with E-state index >= 15 is 0 Å². The predicted octanol–water partition coefficient (Wildman–Crippen LogP) is 3.97. The highest BCUT2D eigenvalue weighted by Crippen LogP contribution is 2.39. The lowest BCUT2D eigenvalue weighted by molar-refractivity contribution is -0.384. The van der Waals surface area contributed by atoms with Crippen molar-refractivity contribution in [3.05, 3.63) is 55.3 Å². The van der Waals surface area contributed by atoms with Crippen LogP contribution in [0.4, 0.5) is 10.7 Å². The van der Waals surface area contributed by atoms with Gasteiger partial charge < -0.3 is 10.6 Å². The van der Waals surface area contributed by atoms with Gasteiger partial charge in [0.05, 0.1) is 15.4 Å². The van der Waals surface area contributed by atoms with Gasteiger partial charge in [0, 0.05) is 34.1 Å². The van der Waals surface area contributed by atoms with E-state index in [4.69, 9.17) is 0 Å². The molecule has 0 fully saturated rings. The quantitative estimate of drug-likeness (QED) is 0.510. The van der Waals surface area contributed by atoms with Crippen molar-refractivity contribution in [3.8, 4) is 0 Å². The van der Waals surface area contributed by atoms with Crippen LogP contribution in [0.5, 0.6) is 0 Å². The van der Waals surface area contributed by atoms with Gasteiger partial charge in [0.15, 0.2) is 0 Å². The average molecular weight is 401 g/mol. The zero-order valence-electron chi connectivity index (χ0n) is 14.3. The molecule has 138 valence electrons. The van der Waals surface area contributed by atoms with E-state index in [2.05, 4.69) is 10.6 Å². The van der Waals surface area contributed by atoms with Gasteiger partial charge in [-0.15, -0.1) is 22.7 Å². The number of nitrogens with zero attached hydrogens (tertiary/aromatic N) is 1. The molecule has 1 aliphatic rings. The number of carbonyl (C=O) groups excluding carboxylic acids is 2. The summed E-state index contributed by atoms with van der Waals surface area (Å²) >= 11 is 2.72. The van der Waals surface area contributed by atoms with Crippen LogP contribution in [0, 0.1) is 10.1 Å². The Hall–Kier alpha value is -2.78. The number of hydrogen-bond acceptors (Lipinski definition) is 6. The highest BCUT2D eigenvalue weighted by Gasteiger charge is 2.27. The number of non-ortho nitro benzene ring substituents is 1. The van der Waals surface area contributed by atoms with Crippen molar-refractivity contribution in [1.82, 2.24) is 5.32 Å². The van der Waals surface area contributed by atoms with Crippen molar-refractivity contribution >= 4 is 55.3 Å². The fourth-order valence-corrected chi connectivity index (χ4v) is 5.50. The Labute approximate surface area is 162 Å². The summed E-state index contributed by atoms with van der Waals surface area (Å²) in [6, 6.07) is 6.17. The van der Waals surface area contributed by atoms with Crippen molar-refractivity contribution in [2.24, 2.45) is 0 Å². The molecule has 9 heteroatoms. The van der Waals surface area contributed by atoms with Gasteiger partial charge >= 0.3 is 0 Å². The van der Waals surface area contributed by atoms with Gasteiger partial charge in [0.1, 0.15) is 5.00 Å². The maximum Gasteiger partial charge on any atom is 0.270 e. The van der Waals surface area contributed by atoms with Crippen LogP contribution in [0.1, 0.15) is 36.9 Å². The maximum atomic E-state index is 12.7. The van der Waals surface area contributed by atoms with Crippen LogP contribution < -0.4 is 10.6 Å². The van der Waals surface area contributed by atoms with E-state index in [9.17, 15) is 19.7 Å². The first-order valence-corrected chi connectivity index (χ1v) is 9.97. The number of thiophene rings is 2. The third kappa shape index (κ3) is 3.08. The lowest BCUT2D eigenvalue weighted by Gasteiger charge is -2.06. The van der Waals surface area contributed by atoms with Crippen molar-refractivity contribution in [3.63, 3.8) is 0 Å². The fourth-order valence-electron chi connectivity index (χ4n) is 3.28. The van der Waals surface area contributed by atoms with E-state index in [1.807, 2.05) is 0 Å². The summed E-state index contributed by atoms with van der Waals surface area (Å²) in [6.07, 6.45) is 2.79. The smallest absolute Gasteiger partial charge is 0.270 e. The summed E-state index contributed by atoms with van der Waals surface area (Å²) in [4.78, 5) is 37.1. The molecule has 2 aromatic heterocycles. The van der Waals surface area contributed by atoms with Crippen molar-refractivity contribution in [2.45, 2.75) is 19.3 Å². The van der Waals surface area contributed by atoms with Gasteiger partial charge in [-0.1, -0.05) is 0 Å². The highest BCUT2D eigenvalue weighted by molar-refractivity contribution is 7.21. The molecule has 2 amide bonds. The molecule has 0 aliphatic heterocycles. The molecule has 0 spiro atoms. The van der Waals surface area contributed by atoms with Crippen LogP contribution in [0.15, 0.2) is 24.3 Å². The molecule has 0 saturated carbocycles. The lowest BCUT2D eigenvalue weighted by Crippen LogP contribution is -2.21. The normalized spacial score (nSPS) is 12.8. The summed E-state index contributed by atoms with van der Waals surface area (Å²) in [5.74, 6) is -0.513. The molecule has 7 nitrogen and oxygen atoms in total. The number of rotatable bonds is 4. The van der Waals surface area contributed by atoms with Crippen molar-refractivity contribution < 1.29 is 14.5 Å². The lowest BCUT2D eigenvalue weighted by atomic mass is 10.1. The Kier molecular flexibility index (Phi) is 4.40. The Morgan fingerprint density at radius 1 is 1.15 bits per heavy atom. The molecular formula is C18H15N3O4S2. The average Bonchev–Trinajstić information content (AvgIpc) is 3.33. The molecule has 0 atom stereocenters. The van der Waals surface area contributed by atoms with Crippen LogP contribution >= 0.6 is 22.7 Å². The number of hydrogen-bond donors (Lipinski definition) is 2. The van der Waals surface area contributed by atoms with Crippen LogP contribution in [-0.4, -0.2) is 23.8 Å². The number of benzene rings is 1. The van der Waals surface area contributed by atoms with Gasteiger partial charge in [-0.05, 0) is 37.0 Å². The molecule has 4 rings (SSSR count). The molecule has 1 aromatic carbocycles. The van der Waals surface area contributed by atoms with Gasteiger partial charge in [0.2, 0.25) is 0 Å². The molecule has 0 unspecified atom stereocenters. The Morgan fingerprint density at radius 3 is 2.70 bits per heavy atom. The first kappa shape index (κ1) is 17.6. The van der Waals surface area contributed by atoms with Crippen LogP contribution in [0.2, 0.25) is 0 Å². The van der Waals surface area contributed by atoms with Gasteiger partial charge in [-0.2, -0.15) is 0 Å². The van der Waals surface area contributed by atoms with Gasteiger partial charge in [-0.25, -0.2) is 0 Å². The van der Waals surface area contributed by atoms with Crippen LogP contribution in [0.25, 0.3) is 10.1 Å². The minimum atomic E-state index is -0.459. The highest BCUT2D eigenvalue weighted by atomic mass is 32.1. The van der Waals surface area contributed by atoms with E-state index in [0.29, 0.717) is 20.8 Å². The predicted molar refractivity (Wildman–Crippen MR) is 106 cm³/mol. The maximum absolute atomic E-state index is 12.7. The van der Waals surface area contributed by atoms with Crippen LogP contribution in [0.3, 0.4) is 0 Å². The topological polar surface area (TPSA) is 101 Å². The van der Waals surface area contributed by atoms with Crippen LogP contribution in [-0.2, 0) is 12.8 Å². The number of nitro benzene ring substituents is 1. The Bertz CT molecular complexity index is 1100. The molecule has 0 bridgehead atoms. The fraction of sp³-hybridized carbons (Fsp3) is 0.222.